The number of ether oxygens (including phenoxy) is 1. The zero-order valence-corrected chi connectivity index (χ0v) is 15.1. The minimum absolute atomic E-state index is 0.120. The lowest BCUT2D eigenvalue weighted by Crippen LogP contribution is -2.48. The summed E-state index contributed by atoms with van der Waals surface area (Å²) in [6, 6.07) is 6.78. The zero-order valence-electron chi connectivity index (χ0n) is 15.1. The highest BCUT2D eigenvalue weighted by atomic mass is 16.5. The lowest BCUT2D eigenvalue weighted by molar-refractivity contribution is -0.120. The minimum Gasteiger partial charge on any atom is -0.378 e. The third-order valence-corrected chi connectivity index (χ3v) is 4.70. The number of benzene rings is 1. The van der Waals surface area contributed by atoms with Crippen LogP contribution in [0, 0.1) is 0 Å². The Kier molecular flexibility index (Phi) is 6.43. The Morgan fingerprint density at radius 1 is 1.12 bits per heavy atom. The van der Waals surface area contributed by atoms with E-state index in [2.05, 4.69) is 33.2 Å². The molecule has 1 unspecified atom stereocenters. The molecule has 0 aromatic heterocycles. The summed E-state index contributed by atoms with van der Waals surface area (Å²) in [5, 5.41) is 11.8. The molecule has 26 heavy (non-hydrogen) atoms. The van der Waals surface area contributed by atoms with E-state index in [4.69, 9.17) is 4.74 Å². The van der Waals surface area contributed by atoms with E-state index >= 15 is 0 Å². The third-order valence-electron chi connectivity index (χ3n) is 4.70. The van der Waals surface area contributed by atoms with Gasteiger partial charge in [-0.2, -0.15) is 0 Å². The molecule has 1 atom stereocenters. The number of hydrogen-bond donors (Lipinski definition) is 4. The minimum atomic E-state index is -0.332. The lowest BCUT2D eigenvalue weighted by atomic mass is 10.1. The normalized spacial score (nSPS) is 21.8. The fourth-order valence-corrected chi connectivity index (χ4v) is 3.11. The van der Waals surface area contributed by atoms with Crippen LogP contribution >= 0.6 is 0 Å². The van der Waals surface area contributed by atoms with E-state index in [-0.39, 0.29) is 24.0 Å². The van der Waals surface area contributed by atoms with Crippen LogP contribution in [-0.4, -0.2) is 68.8 Å². The van der Waals surface area contributed by atoms with Crippen molar-refractivity contribution in [1.82, 2.24) is 15.5 Å². The number of nitrogens with one attached hydrogen (secondary N) is 4. The molecule has 2 saturated heterocycles. The summed E-state index contributed by atoms with van der Waals surface area (Å²) in [6.07, 6.45) is 1.93. The molecular formula is C18H27N5O3. The highest BCUT2D eigenvalue weighted by Gasteiger charge is 2.21. The van der Waals surface area contributed by atoms with Crippen LogP contribution in [0.5, 0.6) is 0 Å². The molecule has 1 aromatic rings. The number of rotatable bonds is 4. The van der Waals surface area contributed by atoms with Crippen molar-refractivity contribution in [2.75, 3.05) is 50.5 Å². The summed E-state index contributed by atoms with van der Waals surface area (Å²) in [7, 11) is 2.09. The average molecular weight is 361 g/mol. The standard InChI is InChI=1S/C18H27N5O3/c1-23-9-6-15(7-10-23)22-18(25)21-14-4-2-13(3-5-14)20-17(24)16-12-26-11-8-19-16/h2-5,15-16,19H,6-12H2,1H3,(H,20,24)(H2,21,22,25). The predicted octanol–water partition coefficient (Wildman–Crippen LogP) is 0.829. The van der Waals surface area contributed by atoms with Crippen molar-refractivity contribution < 1.29 is 14.3 Å². The van der Waals surface area contributed by atoms with Crippen LogP contribution < -0.4 is 21.3 Å². The Balaban J connectivity index is 1.44. The van der Waals surface area contributed by atoms with Crippen LogP contribution in [0.2, 0.25) is 0 Å². The van der Waals surface area contributed by atoms with E-state index in [0.717, 1.165) is 25.9 Å². The molecule has 0 saturated carbocycles. The molecule has 4 N–H and O–H groups in total. The topological polar surface area (TPSA) is 94.7 Å². The number of anilines is 2. The first-order valence-corrected chi connectivity index (χ1v) is 9.08. The maximum Gasteiger partial charge on any atom is 0.319 e. The average Bonchev–Trinajstić information content (AvgIpc) is 2.66. The van der Waals surface area contributed by atoms with Gasteiger partial charge in [-0.15, -0.1) is 0 Å². The van der Waals surface area contributed by atoms with E-state index < -0.39 is 0 Å². The first-order chi connectivity index (χ1) is 12.6. The summed E-state index contributed by atoms with van der Waals surface area (Å²) >= 11 is 0. The molecule has 142 valence electrons. The summed E-state index contributed by atoms with van der Waals surface area (Å²) < 4.78 is 5.29. The van der Waals surface area contributed by atoms with Crippen LogP contribution in [0.1, 0.15) is 12.8 Å². The first kappa shape index (κ1) is 18.6. The van der Waals surface area contributed by atoms with Crippen molar-refractivity contribution in [2.45, 2.75) is 24.9 Å². The van der Waals surface area contributed by atoms with Crippen LogP contribution in [0.25, 0.3) is 0 Å². The molecular weight excluding hydrogens is 334 g/mol. The number of likely N-dealkylation sites (tertiary alicyclic amines) is 1. The highest BCUT2D eigenvalue weighted by Crippen LogP contribution is 2.15. The number of morpholine rings is 1. The van der Waals surface area contributed by atoms with E-state index in [0.29, 0.717) is 31.1 Å². The summed E-state index contributed by atoms with van der Waals surface area (Å²) in [5.41, 5.74) is 1.37. The molecule has 0 spiro atoms. The quantitative estimate of drug-likeness (QED) is 0.637. The number of hydrogen-bond acceptors (Lipinski definition) is 5. The molecule has 2 aliphatic rings. The van der Waals surface area contributed by atoms with Gasteiger partial charge in [-0.05, 0) is 57.2 Å². The Morgan fingerprint density at radius 3 is 2.38 bits per heavy atom. The molecule has 8 heteroatoms. The van der Waals surface area contributed by atoms with Crippen molar-refractivity contribution >= 4 is 23.3 Å². The number of urea groups is 1. The van der Waals surface area contributed by atoms with Crippen LogP contribution in [-0.2, 0) is 9.53 Å². The fourth-order valence-electron chi connectivity index (χ4n) is 3.11. The maximum absolute atomic E-state index is 12.1. The Morgan fingerprint density at radius 2 is 1.77 bits per heavy atom. The number of carbonyl (C=O) groups is 2. The molecule has 2 fully saturated rings. The first-order valence-electron chi connectivity index (χ1n) is 9.08. The van der Waals surface area contributed by atoms with Crippen LogP contribution in [0.15, 0.2) is 24.3 Å². The third kappa shape index (κ3) is 5.42. The fraction of sp³-hybridized carbons (Fsp3) is 0.556. The van der Waals surface area contributed by atoms with Crippen molar-refractivity contribution in [1.29, 1.82) is 0 Å². The Hall–Kier alpha value is -2.16. The SMILES string of the molecule is CN1CCC(NC(=O)Nc2ccc(NC(=O)C3COCCN3)cc2)CC1. The van der Waals surface area contributed by atoms with E-state index in [1.807, 2.05) is 0 Å². The second-order valence-electron chi connectivity index (χ2n) is 6.82. The Labute approximate surface area is 153 Å². The number of amides is 3. The van der Waals surface area contributed by atoms with Gasteiger partial charge < -0.3 is 30.9 Å². The Bertz CT molecular complexity index is 608. The molecule has 0 aliphatic carbocycles. The highest BCUT2D eigenvalue weighted by molar-refractivity contribution is 5.95. The van der Waals surface area contributed by atoms with Gasteiger partial charge in [-0.3, -0.25) is 4.79 Å². The molecule has 2 aliphatic heterocycles. The summed E-state index contributed by atoms with van der Waals surface area (Å²) in [5.74, 6) is -0.120. The smallest absolute Gasteiger partial charge is 0.319 e. The predicted molar refractivity (Wildman–Crippen MR) is 100 cm³/mol. The number of piperidine rings is 1. The zero-order chi connectivity index (χ0) is 18.4. The van der Waals surface area contributed by atoms with Gasteiger partial charge in [-0.1, -0.05) is 0 Å². The van der Waals surface area contributed by atoms with Crippen LogP contribution in [0.3, 0.4) is 0 Å². The molecule has 0 bridgehead atoms. The van der Waals surface area contributed by atoms with E-state index in [1.165, 1.54) is 0 Å². The number of nitrogens with zero attached hydrogens (tertiary/aromatic N) is 1. The summed E-state index contributed by atoms with van der Waals surface area (Å²) in [6.45, 7) is 3.68. The number of carbonyl (C=O) groups excluding carboxylic acids is 2. The largest absolute Gasteiger partial charge is 0.378 e. The summed E-state index contributed by atoms with van der Waals surface area (Å²) in [4.78, 5) is 26.5. The van der Waals surface area contributed by atoms with Crippen molar-refractivity contribution in [3.05, 3.63) is 24.3 Å². The van der Waals surface area contributed by atoms with E-state index in [9.17, 15) is 9.59 Å². The van der Waals surface area contributed by atoms with Gasteiger partial charge in [0, 0.05) is 24.0 Å². The van der Waals surface area contributed by atoms with Crippen LogP contribution in [0.4, 0.5) is 16.2 Å². The molecule has 8 nitrogen and oxygen atoms in total. The van der Waals surface area contributed by atoms with Crippen molar-refractivity contribution in [3.63, 3.8) is 0 Å². The lowest BCUT2D eigenvalue weighted by Gasteiger charge is -2.29. The van der Waals surface area contributed by atoms with Crippen molar-refractivity contribution in [3.8, 4) is 0 Å². The van der Waals surface area contributed by atoms with E-state index in [1.54, 1.807) is 24.3 Å². The van der Waals surface area contributed by atoms with Gasteiger partial charge >= 0.3 is 6.03 Å². The molecule has 3 amide bonds. The van der Waals surface area contributed by atoms with Gasteiger partial charge in [0.05, 0.1) is 13.2 Å². The molecule has 2 heterocycles. The maximum atomic E-state index is 12.1. The second-order valence-corrected chi connectivity index (χ2v) is 6.82. The van der Waals surface area contributed by atoms with Gasteiger partial charge in [0.2, 0.25) is 5.91 Å². The molecule has 3 rings (SSSR count). The monoisotopic (exact) mass is 361 g/mol. The van der Waals surface area contributed by atoms with Gasteiger partial charge in [-0.25, -0.2) is 4.79 Å². The van der Waals surface area contributed by atoms with Crippen molar-refractivity contribution in [2.24, 2.45) is 0 Å². The van der Waals surface area contributed by atoms with Gasteiger partial charge in [0.1, 0.15) is 6.04 Å². The molecule has 0 radical (unpaired) electrons. The molecule has 1 aromatic carbocycles. The van der Waals surface area contributed by atoms with Gasteiger partial charge in [0.15, 0.2) is 0 Å². The second kappa shape index (κ2) is 8.98. The van der Waals surface area contributed by atoms with Gasteiger partial charge in [0.25, 0.3) is 0 Å².